The lowest BCUT2D eigenvalue weighted by molar-refractivity contribution is -0.151. The van der Waals surface area contributed by atoms with Gasteiger partial charge in [-0.1, -0.05) is 104 Å². The second-order valence-electron chi connectivity index (χ2n) is 8.67. The van der Waals surface area contributed by atoms with Crippen LogP contribution in [-0.4, -0.2) is 53.0 Å². The van der Waals surface area contributed by atoms with Crippen LogP contribution in [0, 0.1) is 5.41 Å². The number of hydrogen-bond donors (Lipinski definition) is 4. The van der Waals surface area contributed by atoms with Gasteiger partial charge >= 0.3 is 5.97 Å². The fraction of sp³-hybridized carbons (Fsp3) is 0.960. The molecule has 0 fully saturated rings. The zero-order chi connectivity index (χ0) is 23.6. The number of carbonyl (C=O) groups is 1. The Labute approximate surface area is 191 Å². The monoisotopic (exact) mass is 448 g/mol. The number of unbranched alkanes of at least 4 members (excludes halogenated alkanes) is 14. The van der Waals surface area contributed by atoms with Crippen molar-refractivity contribution in [1.29, 1.82) is 0 Å². The molecule has 0 aromatic heterocycles. The second-order valence-corrected chi connectivity index (χ2v) is 8.67. The molecule has 0 aliphatic rings. The smallest absolute Gasteiger partial charge is 0.307 e. The van der Waals surface area contributed by atoms with Gasteiger partial charge in [0.25, 0.3) is 0 Å². The van der Waals surface area contributed by atoms with Crippen LogP contribution in [-0.2, 0) is 9.53 Å². The Bertz CT molecular complexity index is 340. The quantitative estimate of drug-likeness (QED) is 0.111. The van der Waals surface area contributed by atoms with E-state index < -0.39 is 12.2 Å². The van der Waals surface area contributed by atoms with E-state index in [1.165, 1.54) is 83.5 Å². The average Bonchev–Trinajstić information content (AvgIpc) is 2.79. The Balaban J connectivity index is 0. The van der Waals surface area contributed by atoms with Crippen LogP contribution in [0.3, 0.4) is 0 Å². The lowest BCUT2D eigenvalue weighted by Crippen LogP contribution is -2.32. The van der Waals surface area contributed by atoms with Crippen molar-refractivity contribution in [3.63, 3.8) is 0 Å². The topological polar surface area (TPSA) is 107 Å². The number of rotatable bonds is 21. The minimum absolute atomic E-state index is 0.156. The number of esters is 1. The fourth-order valence-electron chi connectivity index (χ4n) is 3.27. The van der Waals surface area contributed by atoms with Crippen molar-refractivity contribution in [2.24, 2.45) is 5.41 Å². The first kappa shape index (κ1) is 32.5. The van der Waals surface area contributed by atoms with Crippen LogP contribution < -0.4 is 0 Å². The van der Waals surface area contributed by atoms with E-state index in [4.69, 9.17) is 20.4 Å². The molecule has 0 atom stereocenters. The molecule has 0 bridgehead atoms. The van der Waals surface area contributed by atoms with Crippen molar-refractivity contribution in [2.45, 2.75) is 123 Å². The van der Waals surface area contributed by atoms with Gasteiger partial charge in [0.15, 0.2) is 6.79 Å². The molecule has 0 aliphatic carbocycles. The van der Waals surface area contributed by atoms with Crippen molar-refractivity contribution in [2.75, 3.05) is 26.6 Å². The molecule has 0 aromatic rings. The van der Waals surface area contributed by atoms with Gasteiger partial charge in [0.1, 0.15) is 0 Å². The Hall–Kier alpha value is -0.690. The predicted octanol–water partition coefficient (Wildman–Crippen LogP) is 5.10. The lowest BCUT2D eigenvalue weighted by atomic mass is 9.88. The molecule has 0 saturated heterocycles. The van der Waals surface area contributed by atoms with Gasteiger partial charge in [-0.05, 0) is 12.8 Å². The number of carbonyl (C=O) groups excluding carboxylic acids is 1. The summed E-state index contributed by atoms with van der Waals surface area (Å²) in [5.41, 5.74) is -0.667. The molecule has 6 nitrogen and oxygen atoms in total. The van der Waals surface area contributed by atoms with Crippen molar-refractivity contribution < 1.29 is 30.0 Å². The van der Waals surface area contributed by atoms with Crippen LogP contribution in [0.4, 0.5) is 0 Å². The van der Waals surface area contributed by atoms with E-state index in [1.807, 2.05) is 6.92 Å². The third kappa shape index (κ3) is 22.3. The van der Waals surface area contributed by atoms with Gasteiger partial charge in [0.2, 0.25) is 0 Å². The zero-order valence-electron chi connectivity index (χ0n) is 20.5. The third-order valence-electron chi connectivity index (χ3n) is 5.97. The van der Waals surface area contributed by atoms with Gasteiger partial charge in [-0.25, -0.2) is 0 Å². The minimum atomic E-state index is -0.667. The molecule has 0 radical (unpaired) electrons. The Kier molecular flexibility index (Phi) is 26.8. The average molecular weight is 449 g/mol. The van der Waals surface area contributed by atoms with Crippen LogP contribution in [0.1, 0.15) is 123 Å². The molecule has 188 valence electrons. The molecule has 6 heteroatoms. The van der Waals surface area contributed by atoms with Crippen LogP contribution in [0.15, 0.2) is 0 Å². The van der Waals surface area contributed by atoms with Gasteiger partial charge in [-0.15, -0.1) is 0 Å². The van der Waals surface area contributed by atoms with Crippen LogP contribution in [0.2, 0.25) is 0 Å². The van der Waals surface area contributed by atoms with Crippen molar-refractivity contribution in [1.82, 2.24) is 0 Å². The summed E-state index contributed by atoms with van der Waals surface area (Å²) in [6, 6.07) is 0. The summed E-state index contributed by atoms with van der Waals surface area (Å²) < 4.78 is 4.48. The highest BCUT2D eigenvalue weighted by Crippen LogP contribution is 2.18. The molecule has 0 unspecified atom stereocenters. The van der Waals surface area contributed by atoms with Gasteiger partial charge in [-0.3, -0.25) is 4.79 Å². The SMILES string of the molecule is CCC(CO)(CO)CO.CCCCCCCCCCCCCCCCCC(=O)OCO. The van der Waals surface area contributed by atoms with E-state index in [0.717, 1.165) is 12.8 Å². The van der Waals surface area contributed by atoms with Gasteiger partial charge in [0.05, 0.1) is 19.8 Å². The summed E-state index contributed by atoms with van der Waals surface area (Å²) in [6.45, 7) is 3.13. The summed E-state index contributed by atoms with van der Waals surface area (Å²) in [5.74, 6) is -0.280. The lowest BCUT2D eigenvalue weighted by Gasteiger charge is -2.24. The van der Waals surface area contributed by atoms with Crippen LogP contribution >= 0.6 is 0 Å². The molecule has 0 heterocycles. The zero-order valence-corrected chi connectivity index (χ0v) is 20.5. The second kappa shape index (κ2) is 25.6. The molecule has 0 aliphatic heterocycles. The molecule has 0 amide bonds. The summed E-state index contributed by atoms with van der Waals surface area (Å²) in [6.07, 6.45) is 20.9. The van der Waals surface area contributed by atoms with E-state index in [1.54, 1.807) is 0 Å². The van der Waals surface area contributed by atoms with Gasteiger partial charge in [0, 0.05) is 11.8 Å². The number of aliphatic hydroxyl groups excluding tert-OH is 4. The summed E-state index contributed by atoms with van der Waals surface area (Å²) in [5, 5.41) is 34.4. The number of ether oxygens (including phenoxy) is 1. The van der Waals surface area contributed by atoms with Crippen molar-refractivity contribution in [3.05, 3.63) is 0 Å². The predicted molar refractivity (Wildman–Crippen MR) is 127 cm³/mol. The van der Waals surface area contributed by atoms with E-state index in [0.29, 0.717) is 12.8 Å². The molecule has 0 saturated carbocycles. The van der Waals surface area contributed by atoms with Crippen molar-refractivity contribution in [3.8, 4) is 0 Å². The molecular weight excluding hydrogens is 396 g/mol. The van der Waals surface area contributed by atoms with Crippen molar-refractivity contribution >= 4 is 5.97 Å². The van der Waals surface area contributed by atoms with Gasteiger partial charge in [-0.2, -0.15) is 0 Å². The molecule has 0 aromatic carbocycles. The number of hydrogen-bond acceptors (Lipinski definition) is 6. The van der Waals surface area contributed by atoms with E-state index in [-0.39, 0.29) is 25.8 Å². The minimum Gasteiger partial charge on any atom is -0.439 e. The van der Waals surface area contributed by atoms with Crippen LogP contribution in [0.5, 0.6) is 0 Å². The Morgan fingerprint density at radius 3 is 1.23 bits per heavy atom. The van der Waals surface area contributed by atoms with E-state index >= 15 is 0 Å². The fourth-order valence-corrected chi connectivity index (χ4v) is 3.27. The highest BCUT2D eigenvalue weighted by Gasteiger charge is 2.24. The highest BCUT2D eigenvalue weighted by atomic mass is 16.6. The third-order valence-corrected chi connectivity index (χ3v) is 5.97. The Morgan fingerprint density at radius 2 is 0.968 bits per heavy atom. The summed E-state index contributed by atoms with van der Waals surface area (Å²) in [7, 11) is 0. The first-order valence-corrected chi connectivity index (χ1v) is 12.6. The number of aliphatic hydroxyl groups is 4. The summed E-state index contributed by atoms with van der Waals surface area (Å²) >= 11 is 0. The first-order valence-electron chi connectivity index (χ1n) is 12.6. The maximum Gasteiger partial charge on any atom is 0.307 e. The molecule has 0 spiro atoms. The van der Waals surface area contributed by atoms with E-state index in [9.17, 15) is 4.79 Å². The first-order chi connectivity index (χ1) is 15.1. The van der Waals surface area contributed by atoms with E-state index in [2.05, 4.69) is 11.7 Å². The Morgan fingerprint density at radius 1 is 0.613 bits per heavy atom. The molecule has 31 heavy (non-hydrogen) atoms. The molecule has 0 rings (SSSR count). The van der Waals surface area contributed by atoms with Gasteiger partial charge < -0.3 is 25.2 Å². The maximum absolute atomic E-state index is 11.0. The van der Waals surface area contributed by atoms with Crippen LogP contribution in [0.25, 0.3) is 0 Å². The standard InChI is InChI=1S/C19H38O3.C6H14O3/c1-2-3-4-5-6-7-8-9-10-11-12-13-14-15-16-17-19(21)22-18-20;1-2-6(3-7,4-8)5-9/h20H,2-18H2,1H3;7-9H,2-5H2,1H3. The molecule has 4 N–H and O–H groups in total. The normalized spacial score (nSPS) is 11.2. The molecular formula is C25H52O6. The highest BCUT2D eigenvalue weighted by molar-refractivity contribution is 5.69. The largest absolute Gasteiger partial charge is 0.439 e. The maximum atomic E-state index is 11.0. The summed E-state index contributed by atoms with van der Waals surface area (Å²) in [4.78, 5) is 11.0.